The number of hydrogen-bond donors (Lipinski definition) is 2. The Morgan fingerprint density at radius 3 is 2.88 bits per heavy atom. The molecular weight excluding hydrogens is 382 g/mol. The van der Waals surface area contributed by atoms with E-state index >= 15 is 0 Å². The number of amidine groups is 1. The van der Waals surface area contributed by atoms with E-state index in [1.807, 2.05) is 6.92 Å². The molecule has 0 radical (unpaired) electrons. The maximum Gasteiger partial charge on any atom is 0.321 e. The van der Waals surface area contributed by atoms with Gasteiger partial charge in [0.15, 0.2) is 11.0 Å². The molecule has 2 rings (SSSR count). The van der Waals surface area contributed by atoms with E-state index in [1.165, 1.54) is 17.8 Å². The van der Waals surface area contributed by atoms with E-state index < -0.39 is 17.7 Å². The number of aliphatic imine (C=N–C) groups is 1. The molecule has 26 heavy (non-hydrogen) atoms. The molecular formula is C17H19ClF2N4OS. The number of amides is 2. The largest absolute Gasteiger partial charge is 0.335 e. The molecule has 2 N–H and O–H groups in total. The number of thioether (sulfide) groups is 1. The van der Waals surface area contributed by atoms with Crippen LogP contribution in [0.5, 0.6) is 0 Å². The van der Waals surface area contributed by atoms with Gasteiger partial charge in [-0.3, -0.25) is 5.32 Å². The third-order valence-electron chi connectivity index (χ3n) is 3.88. The lowest BCUT2D eigenvalue weighted by Crippen LogP contribution is -2.44. The van der Waals surface area contributed by atoms with E-state index in [-0.39, 0.29) is 28.2 Å². The number of carbonyl (C=O) groups is 1. The first-order valence-electron chi connectivity index (χ1n) is 8.14. The lowest BCUT2D eigenvalue weighted by Gasteiger charge is -2.21. The molecule has 0 aromatic heterocycles. The maximum atomic E-state index is 13.8. The van der Waals surface area contributed by atoms with Crippen LogP contribution in [0, 0.1) is 28.9 Å². The topological polar surface area (TPSA) is 77.3 Å². The van der Waals surface area contributed by atoms with E-state index in [9.17, 15) is 13.6 Å². The standard InChI is InChI=1S/C17H19ClF2N4OS/c1-3-13(18)10(7-21)4-9(2)22-16(25)24-17-23-15-11(8-26-17)5-12(19)6-14(15)20/h5-6,9-10,13H,3-4,8H2,1-2H3,(H2,22,23,24,25). The molecule has 0 bridgehead atoms. The highest BCUT2D eigenvalue weighted by atomic mass is 35.5. The molecule has 9 heteroatoms. The van der Waals surface area contributed by atoms with Crippen molar-refractivity contribution in [2.45, 2.75) is 43.9 Å². The number of nitrogens with zero attached hydrogens (tertiary/aromatic N) is 2. The fraction of sp³-hybridized carbons (Fsp3) is 0.471. The zero-order valence-corrected chi connectivity index (χ0v) is 15.9. The van der Waals surface area contributed by atoms with E-state index in [4.69, 9.17) is 16.9 Å². The van der Waals surface area contributed by atoms with Crippen molar-refractivity contribution < 1.29 is 13.6 Å². The summed E-state index contributed by atoms with van der Waals surface area (Å²) in [5.74, 6) is -1.48. The van der Waals surface area contributed by atoms with E-state index in [0.717, 1.165) is 6.07 Å². The highest BCUT2D eigenvalue weighted by Crippen LogP contribution is 2.33. The van der Waals surface area contributed by atoms with E-state index in [2.05, 4.69) is 21.7 Å². The van der Waals surface area contributed by atoms with Gasteiger partial charge in [-0.2, -0.15) is 5.26 Å². The number of rotatable bonds is 5. The second kappa shape index (κ2) is 9.19. The highest BCUT2D eigenvalue weighted by Gasteiger charge is 2.22. The van der Waals surface area contributed by atoms with Crippen LogP contribution in [0.1, 0.15) is 32.3 Å². The molecule has 1 heterocycles. The Bertz CT molecular complexity index is 753. The zero-order valence-electron chi connectivity index (χ0n) is 14.4. The molecule has 0 saturated heterocycles. The van der Waals surface area contributed by atoms with Crippen LogP contribution in [0.4, 0.5) is 19.3 Å². The minimum absolute atomic E-state index is 0.0333. The molecule has 2 amide bonds. The number of hydrogen-bond acceptors (Lipinski definition) is 4. The summed E-state index contributed by atoms with van der Waals surface area (Å²) in [6, 6.07) is 3.36. The second-order valence-corrected chi connectivity index (χ2v) is 7.52. The molecule has 0 spiro atoms. The Kier molecular flexibility index (Phi) is 7.23. The van der Waals surface area contributed by atoms with Gasteiger partial charge in [0, 0.05) is 23.2 Å². The van der Waals surface area contributed by atoms with Gasteiger partial charge >= 0.3 is 6.03 Å². The normalized spacial score (nSPS) is 16.5. The van der Waals surface area contributed by atoms with Crippen LogP contribution in [0.25, 0.3) is 0 Å². The molecule has 1 aliphatic heterocycles. The third kappa shape index (κ3) is 5.32. The van der Waals surface area contributed by atoms with Crippen molar-refractivity contribution in [1.29, 1.82) is 5.26 Å². The zero-order chi connectivity index (χ0) is 19.3. The smallest absolute Gasteiger partial charge is 0.321 e. The summed E-state index contributed by atoms with van der Waals surface area (Å²) in [5, 5.41) is 14.4. The number of benzene rings is 1. The van der Waals surface area contributed by atoms with Gasteiger partial charge in [0.25, 0.3) is 0 Å². The Morgan fingerprint density at radius 1 is 1.50 bits per heavy atom. The minimum atomic E-state index is -0.766. The Labute approximate surface area is 160 Å². The Morgan fingerprint density at radius 2 is 2.23 bits per heavy atom. The van der Waals surface area contributed by atoms with Crippen LogP contribution in [-0.2, 0) is 5.75 Å². The van der Waals surface area contributed by atoms with Crippen molar-refractivity contribution in [3.05, 3.63) is 29.3 Å². The van der Waals surface area contributed by atoms with Crippen molar-refractivity contribution in [3.8, 4) is 6.07 Å². The number of fused-ring (bicyclic) bond motifs is 1. The van der Waals surface area contributed by atoms with Crippen molar-refractivity contribution >= 4 is 40.2 Å². The quantitative estimate of drug-likeness (QED) is 0.717. The summed E-state index contributed by atoms with van der Waals surface area (Å²) in [6.45, 7) is 3.67. The molecule has 0 aliphatic carbocycles. The van der Waals surface area contributed by atoms with Crippen LogP contribution in [-0.4, -0.2) is 22.6 Å². The first-order chi connectivity index (χ1) is 12.3. The van der Waals surface area contributed by atoms with Gasteiger partial charge < -0.3 is 5.32 Å². The number of carbonyl (C=O) groups excluding carboxylic acids is 1. The number of nitriles is 1. The predicted octanol–water partition coefficient (Wildman–Crippen LogP) is 4.43. The molecule has 3 unspecified atom stereocenters. The number of alkyl halides is 1. The first-order valence-corrected chi connectivity index (χ1v) is 9.56. The van der Waals surface area contributed by atoms with Gasteiger partial charge in [-0.05, 0) is 31.4 Å². The molecule has 1 aliphatic rings. The third-order valence-corrected chi connectivity index (χ3v) is 5.42. The van der Waals surface area contributed by atoms with Crippen LogP contribution in [0.15, 0.2) is 17.1 Å². The maximum absolute atomic E-state index is 13.8. The number of halogens is 3. The van der Waals surface area contributed by atoms with Crippen LogP contribution in [0.2, 0.25) is 0 Å². The van der Waals surface area contributed by atoms with Crippen LogP contribution < -0.4 is 10.6 Å². The lowest BCUT2D eigenvalue weighted by atomic mass is 9.97. The minimum Gasteiger partial charge on any atom is -0.335 e. The monoisotopic (exact) mass is 400 g/mol. The lowest BCUT2D eigenvalue weighted by molar-refractivity contribution is 0.241. The summed E-state index contributed by atoms with van der Waals surface area (Å²) in [6.07, 6.45) is 1.08. The SMILES string of the molecule is CCC(Cl)C(C#N)CC(C)NC(=O)NC1=Nc2c(F)cc(F)cc2CS1. The van der Waals surface area contributed by atoms with Crippen molar-refractivity contribution in [2.24, 2.45) is 10.9 Å². The van der Waals surface area contributed by atoms with Crippen molar-refractivity contribution in [1.82, 2.24) is 10.6 Å². The molecule has 1 aromatic carbocycles. The average molecular weight is 401 g/mol. The van der Waals surface area contributed by atoms with Gasteiger partial charge in [-0.15, -0.1) is 11.6 Å². The summed E-state index contributed by atoms with van der Waals surface area (Å²) in [7, 11) is 0. The first kappa shape index (κ1) is 20.5. The van der Waals surface area contributed by atoms with Gasteiger partial charge in [0.1, 0.15) is 11.5 Å². The fourth-order valence-electron chi connectivity index (χ4n) is 2.56. The predicted molar refractivity (Wildman–Crippen MR) is 99.5 cm³/mol. The molecule has 5 nitrogen and oxygen atoms in total. The van der Waals surface area contributed by atoms with Crippen molar-refractivity contribution in [2.75, 3.05) is 0 Å². The van der Waals surface area contributed by atoms with Gasteiger partial charge in [-0.1, -0.05) is 18.7 Å². The van der Waals surface area contributed by atoms with Crippen molar-refractivity contribution in [3.63, 3.8) is 0 Å². The Balaban J connectivity index is 1.96. The molecule has 0 fully saturated rings. The molecule has 3 atom stereocenters. The summed E-state index contributed by atoms with van der Waals surface area (Å²) in [5.41, 5.74) is 0.474. The number of nitrogens with one attached hydrogen (secondary N) is 2. The van der Waals surface area contributed by atoms with Crippen LogP contribution >= 0.6 is 23.4 Å². The summed E-state index contributed by atoms with van der Waals surface area (Å²) in [4.78, 5) is 16.1. The Hall–Kier alpha value is -1.85. The molecule has 0 saturated carbocycles. The molecule has 1 aromatic rings. The highest BCUT2D eigenvalue weighted by molar-refractivity contribution is 8.13. The van der Waals surface area contributed by atoms with E-state index in [1.54, 1.807) is 6.92 Å². The van der Waals surface area contributed by atoms with Gasteiger partial charge in [-0.25, -0.2) is 18.6 Å². The summed E-state index contributed by atoms with van der Waals surface area (Å²) >= 11 is 7.28. The van der Waals surface area contributed by atoms with E-state index in [0.29, 0.717) is 24.2 Å². The average Bonchev–Trinajstić information content (AvgIpc) is 2.59. The second-order valence-electron chi connectivity index (χ2n) is 6.00. The fourth-order valence-corrected chi connectivity index (χ4v) is 3.55. The summed E-state index contributed by atoms with van der Waals surface area (Å²) < 4.78 is 27.0. The number of urea groups is 1. The van der Waals surface area contributed by atoms with Gasteiger partial charge in [0.2, 0.25) is 0 Å². The molecule has 140 valence electrons. The van der Waals surface area contributed by atoms with Gasteiger partial charge in [0.05, 0.1) is 12.0 Å². The van der Waals surface area contributed by atoms with Crippen LogP contribution in [0.3, 0.4) is 0 Å².